The zero-order chi connectivity index (χ0) is 14.2. The van der Waals surface area contributed by atoms with Crippen LogP contribution in [0.5, 0.6) is 0 Å². The number of hydrogen-bond donors (Lipinski definition) is 0. The Hall–Kier alpha value is -0.0151. The van der Waals surface area contributed by atoms with Crippen LogP contribution < -0.4 is 0 Å². The Kier molecular flexibility index (Phi) is 4.47. The largest absolute Gasteiger partial charge is 0.377 e. The molecule has 3 heteroatoms. The highest BCUT2D eigenvalue weighted by atomic mass is 16.5. The van der Waals surface area contributed by atoms with Crippen LogP contribution in [0, 0.1) is 5.92 Å². The maximum absolute atomic E-state index is 6.40. The van der Waals surface area contributed by atoms with E-state index in [1.54, 1.807) is 0 Å². The normalized spacial score (nSPS) is 38.6. The molecule has 0 aromatic carbocycles. The first-order chi connectivity index (χ1) is 9.62. The van der Waals surface area contributed by atoms with E-state index in [2.05, 4.69) is 18.7 Å². The van der Waals surface area contributed by atoms with E-state index in [1.807, 2.05) is 0 Å². The van der Waals surface area contributed by atoms with E-state index < -0.39 is 0 Å². The third-order valence-corrected chi connectivity index (χ3v) is 5.82. The second-order valence-electron chi connectivity index (χ2n) is 7.74. The summed E-state index contributed by atoms with van der Waals surface area (Å²) in [7, 11) is 6.40. The molecule has 3 atom stereocenters. The van der Waals surface area contributed by atoms with Gasteiger partial charge in [-0.05, 0) is 32.6 Å². The molecular formula is C17H30BNO. The summed E-state index contributed by atoms with van der Waals surface area (Å²) in [6.45, 7) is 6.63. The number of fused-ring (bicyclic) bond motifs is 1. The van der Waals surface area contributed by atoms with E-state index in [9.17, 15) is 0 Å². The molecular weight excluding hydrogens is 245 g/mol. The average Bonchev–Trinajstić information content (AvgIpc) is 2.68. The summed E-state index contributed by atoms with van der Waals surface area (Å²) in [4.78, 5) is 2.81. The molecule has 112 valence electrons. The van der Waals surface area contributed by atoms with Crippen molar-refractivity contribution in [3.05, 3.63) is 0 Å². The standard InChI is InChI=1S/C17H30BNO/c1-13(2)19-16-8-6-4-3-5-7-15(18)9-14(16)10-17(19)11-20-12-17/h13-16H,3-12H2,1-2H3. The summed E-state index contributed by atoms with van der Waals surface area (Å²) >= 11 is 0. The van der Waals surface area contributed by atoms with Crippen molar-refractivity contribution in [2.24, 2.45) is 5.92 Å². The van der Waals surface area contributed by atoms with Crippen molar-refractivity contribution in [2.45, 2.75) is 88.7 Å². The quantitative estimate of drug-likeness (QED) is 0.678. The van der Waals surface area contributed by atoms with Crippen molar-refractivity contribution in [1.82, 2.24) is 4.90 Å². The second-order valence-corrected chi connectivity index (χ2v) is 7.74. The summed E-state index contributed by atoms with van der Waals surface area (Å²) in [5.74, 6) is 1.22. The van der Waals surface area contributed by atoms with Gasteiger partial charge in [0.05, 0.1) is 26.6 Å². The van der Waals surface area contributed by atoms with Crippen LogP contribution in [0.3, 0.4) is 0 Å². The van der Waals surface area contributed by atoms with E-state index in [-0.39, 0.29) is 0 Å². The number of hydrogen-bond acceptors (Lipinski definition) is 2. The first-order valence-electron chi connectivity index (χ1n) is 8.74. The van der Waals surface area contributed by atoms with Crippen molar-refractivity contribution in [1.29, 1.82) is 0 Å². The third kappa shape index (κ3) is 2.68. The molecule has 3 aliphatic rings. The van der Waals surface area contributed by atoms with Crippen LogP contribution in [-0.2, 0) is 4.74 Å². The highest BCUT2D eigenvalue weighted by Crippen LogP contribution is 2.48. The van der Waals surface area contributed by atoms with Gasteiger partial charge in [0.2, 0.25) is 0 Å². The first-order valence-corrected chi connectivity index (χ1v) is 8.74. The van der Waals surface area contributed by atoms with Crippen LogP contribution in [0.15, 0.2) is 0 Å². The van der Waals surface area contributed by atoms with Gasteiger partial charge in [-0.3, -0.25) is 4.90 Å². The van der Waals surface area contributed by atoms with E-state index in [4.69, 9.17) is 12.6 Å². The molecule has 3 fully saturated rings. The van der Waals surface area contributed by atoms with Gasteiger partial charge in [0.25, 0.3) is 0 Å². The molecule has 0 amide bonds. The lowest BCUT2D eigenvalue weighted by atomic mass is 9.72. The topological polar surface area (TPSA) is 12.5 Å². The smallest absolute Gasteiger partial charge is 0.0699 e. The number of rotatable bonds is 1. The van der Waals surface area contributed by atoms with Crippen LogP contribution in [0.4, 0.5) is 0 Å². The predicted molar refractivity (Wildman–Crippen MR) is 84.2 cm³/mol. The lowest BCUT2D eigenvalue weighted by Crippen LogP contribution is -2.62. The van der Waals surface area contributed by atoms with Crippen LogP contribution in [0.25, 0.3) is 0 Å². The minimum atomic E-state index is 0.358. The molecule has 2 saturated heterocycles. The Bertz CT molecular complexity index is 329. The van der Waals surface area contributed by atoms with Crippen LogP contribution in [0.1, 0.15) is 65.2 Å². The Morgan fingerprint density at radius 3 is 2.40 bits per heavy atom. The molecule has 1 spiro atoms. The van der Waals surface area contributed by atoms with Crippen molar-refractivity contribution in [2.75, 3.05) is 13.2 Å². The van der Waals surface area contributed by atoms with E-state index in [1.165, 1.54) is 51.4 Å². The predicted octanol–water partition coefficient (Wildman–Crippen LogP) is 3.56. The van der Waals surface area contributed by atoms with Crippen LogP contribution in [-0.4, -0.2) is 43.6 Å². The number of likely N-dealkylation sites (tertiary alicyclic amines) is 1. The summed E-state index contributed by atoms with van der Waals surface area (Å²) in [5.41, 5.74) is 0.358. The Balaban J connectivity index is 1.79. The zero-order valence-corrected chi connectivity index (χ0v) is 13.3. The van der Waals surface area contributed by atoms with Crippen LogP contribution >= 0.6 is 0 Å². The third-order valence-electron chi connectivity index (χ3n) is 5.82. The zero-order valence-electron chi connectivity index (χ0n) is 13.3. The van der Waals surface area contributed by atoms with E-state index in [0.29, 0.717) is 17.4 Å². The molecule has 3 unspecified atom stereocenters. The Morgan fingerprint density at radius 1 is 1.10 bits per heavy atom. The molecule has 0 bridgehead atoms. The van der Waals surface area contributed by atoms with Gasteiger partial charge in [-0.2, -0.15) is 0 Å². The Labute approximate surface area is 126 Å². The minimum absolute atomic E-state index is 0.358. The van der Waals surface area contributed by atoms with Gasteiger partial charge in [-0.25, -0.2) is 0 Å². The summed E-state index contributed by atoms with van der Waals surface area (Å²) in [6, 6.07) is 1.39. The molecule has 2 aliphatic heterocycles. The van der Waals surface area contributed by atoms with Gasteiger partial charge in [-0.1, -0.05) is 44.3 Å². The lowest BCUT2D eigenvalue weighted by Gasteiger charge is -2.49. The van der Waals surface area contributed by atoms with Gasteiger partial charge in [0.15, 0.2) is 0 Å². The van der Waals surface area contributed by atoms with Gasteiger partial charge in [0, 0.05) is 12.1 Å². The van der Waals surface area contributed by atoms with Gasteiger partial charge >= 0.3 is 0 Å². The second kappa shape index (κ2) is 6.00. The van der Waals surface area contributed by atoms with Gasteiger partial charge < -0.3 is 4.74 Å². The minimum Gasteiger partial charge on any atom is -0.377 e. The van der Waals surface area contributed by atoms with E-state index >= 15 is 0 Å². The number of nitrogens with zero attached hydrogens (tertiary/aromatic N) is 1. The molecule has 3 rings (SSSR count). The van der Waals surface area contributed by atoms with Gasteiger partial charge in [-0.15, -0.1) is 0 Å². The Morgan fingerprint density at radius 2 is 1.80 bits per heavy atom. The highest BCUT2D eigenvalue weighted by molar-refractivity contribution is 6.11. The molecule has 0 N–H and O–H groups in total. The first kappa shape index (κ1) is 14.9. The number of ether oxygens (including phenoxy) is 1. The summed E-state index contributed by atoms with van der Waals surface area (Å²) in [6.07, 6.45) is 10.7. The molecule has 2 heterocycles. The van der Waals surface area contributed by atoms with Crippen molar-refractivity contribution >= 4 is 7.85 Å². The molecule has 2 nitrogen and oxygen atoms in total. The van der Waals surface area contributed by atoms with Crippen LogP contribution in [0.2, 0.25) is 5.82 Å². The fourth-order valence-corrected chi connectivity index (χ4v) is 5.08. The maximum Gasteiger partial charge on any atom is 0.0699 e. The molecule has 0 aromatic heterocycles. The fourth-order valence-electron chi connectivity index (χ4n) is 5.08. The van der Waals surface area contributed by atoms with Crippen molar-refractivity contribution in [3.8, 4) is 0 Å². The molecule has 20 heavy (non-hydrogen) atoms. The summed E-state index contributed by atoms with van der Waals surface area (Å²) < 4.78 is 5.61. The molecule has 1 aliphatic carbocycles. The molecule has 1 saturated carbocycles. The van der Waals surface area contributed by atoms with Crippen molar-refractivity contribution < 1.29 is 4.74 Å². The molecule has 2 radical (unpaired) electrons. The van der Waals surface area contributed by atoms with E-state index in [0.717, 1.165) is 25.2 Å². The lowest BCUT2D eigenvalue weighted by molar-refractivity contribution is -0.141. The highest BCUT2D eigenvalue weighted by Gasteiger charge is 2.55. The molecule has 0 aromatic rings. The SMILES string of the molecule is [B]C1CCCCCCC2C(C1)CC1(COC1)N2C(C)C. The average molecular weight is 275 g/mol. The monoisotopic (exact) mass is 275 g/mol. The van der Waals surface area contributed by atoms with Gasteiger partial charge in [0.1, 0.15) is 0 Å². The fraction of sp³-hybridized carbons (Fsp3) is 1.00. The summed E-state index contributed by atoms with van der Waals surface area (Å²) in [5, 5.41) is 0. The maximum atomic E-state index is 6.40. The van der Waals surface area contributed by atoms with Crippen molar-refractivity contribution in [3.63, 3.8) is 0 Å².